The molecule has 1 saturated carbocycles. The van der Waals surface area contributed by atoms with Crippen LogP contribution in [0.1, 0.15) is 33.1 Å². The van der Waals surface area contributed by atoms with Crippen molar-refractivity contribution < 1.29 is 4.74 Å². The lowest BCUT2D eigenvalue weighted by atomic mass is 9.93. The summed E-state index contributed by atoms with van der Waals surface area (Å²) in [7, 11) is 0. The largest absolute Gasteiger partial charge is 0.379 e. The molecule has 21 heavy (non-hydrogen) atoms. The molecule has 3 heteroatoms. The van der Waals surface area contributed by atoms with Crippen LogP contribution in [0.4, 0.5) is 0 Å². The van der Waals surface area contributed by atoms with E-state index in [0.29, 0.717) is 6.04 Å². The molecule has 1 N–H and O–H groups in total. The lowest BCUT2D eigenvalue weighted by Gasteiger charge is -2.36. The SMILES string of the molecule is CC(C)CC(CNCC1CC2C=CC1C2)N1CCOCC1. The molecule has 0 spiro atoms. The predicted molar refractivity (Wildman–Crippen MR) is 87.3 cm³/mol. The lowest BCUT2D eigenvalue weighted by molar-refractivity contribution is 0.0121. The number of hydrogen-bond acceptors (Lipinski definition) is 3. The molecule has 2 aliphatic carbocycles. The lowest BCUT2D eigenvalue weighted by Crippen LogP contribution is -2.49. The minimum absolute atomic E-state index is 0.683. The first kappa shape index (κ1) is 15.5. The number of nitrogens with one attached hydrogen (secondary N) is 1. The quantitative estimate of drug-likeness (QED) is 0.730. The van der Waals surface area contributed by atoms with Crippen LogP contribution in [0.25, 0.3) is 0 Å². The second kappa shape index (κ2) is 7.26. The number of hydrogen-bond donors (Lipinski definition) is 1. The topological polar surface area (TPSA) is 24.5 Å². The van der Waals surface area contributed by atoms with Gasteiger partial charge in [0.1, 0.15) is 0 Å². The van der Waals surface area contributed by atoms with E-state index >= 15 is 0 Å². The Morgan fingerprint density at radius 1 is 1.19 bits per heavy atom. The summed E-state index contributed by atoms with van der Waals surface area (Å²) in [4.78, 5) is 2.64. The minimum atomic E-state index is 0.683. The van der Waals surface area contributed by atoms with Gasteiger partial charge in [0.05, 0.1) is 13.2 Å². The molecule has 1 saturated heterocycles. The summed E-state index contributed by atoms with van der Waals surface area (Å²) in [5.74, 6) is 3.43. The van der Waals surface area contributed by atoms with Crippen LogP contribution in [0, 0.1) is 23.7 Å². The second-order valence-corrected chi connectivity index (χ2v) is 7.63. The van der Waals surface area contributed by atoms with Crippen LogP contribution in [0.5, 0.6) is 0 Å². The Balaban J connectivity index is 1.44. The van der Waals surface area contributed by atoms with E-state index in [4.69, 9.17) is 4.74 Å². The standard InChI is InChI=1S/C18H32N2O/c1-14(2)9-18(20-5-7-21-8-6-20)13-19-12-17-11-15-3-4-16(17)10-15/h3-4,14-19H,5-13H2,1-2H3. The van der Waals surface area contributed by atoms with E-state index in [1.807, 2.05) is 0 Å². The Bertz CT molecular complexity index is 349. The highest BCUT2D eigenvalue weighted by atomic mass is 16.5. The summed E-state index contributed by atoms with van der Waals surface area (Å²) in [5, 5.41) is 3.80. The molecule has 2 bridgehead atoms. The summed E-state index contributed by atoms with van der Waals surface area (Å²) in [6, 6.07) is 0.683. The van der Waals surface area contributed by atoms with E-state index in [-0.39, 0.29) is 0 Å². The number of fused-ring (bicyclic) bond motifs is 2. The summed E-state index contributed by atoms with van der Waals surface area (Å²) in [6.45, 7) is 11.1. The molecule has 2 fully saturated rings. The highest BCUT2D eigenvalue weighted by Gasteiger charge is 2.35. The van der Waals surface area contributed by atoms with Gasteiger partial charge in [-0.15, -0.1) is 0 Å². The maximum absolute atomic E-state index is 5.50. The van der Waals surface area contributed by atoms with E-state index in [0.717, 1.165) is 56.5 Å². The van der Waals surface area contributed by atoms with Crippen LogP contribution in [0.15, 0.2) is 12.2 Å². The Morgan fingerprint density at radius 2 is 2.00 bits per heavy atom. The Kier molecular flexibility index (Phi) is 5.36. The van der Waals surface area contributed by atoms with Crippen molar-refractivity contribution in [1.29, 1.82) is 0 Å². The van der Waals surface area contributed by atoms with Gasteiger partial charge in [-0.25, -0.2) is 0 Å². The number of ether oxygens (including phenoxy) is 1. The first-order valence-electron chi connectivity index (χ1n) is 8.93. The fraction of sp³-hybridized carbons (Fsp3) is 0.889. The molecule has 0 amide bonds. The highest BCUT2D eigenvalue weighted by Crippen LogP contribution is 2.42. The van der Waals surface area contributed by atoms with E-state index in [1.54, 1.807) is 0 Å². The zero-order chi connectivity index (χ0) is 14.7. The van der Waals surface area contributed by atoms with Gasteiger partial charge in [0, 0.05) is 25.7 Å². The first-order chi connectivity index (χ1) is 10.2. The Hall–Kier alpha value is -0.380. The van der Waals surface area contributed by atoms with Gasteiger partial charge in [-0.3, -0.25) is 4.90 Å². The number of nitrogens with zero attached hydrogens (tertiary/aromatic N) is 1. The van der Waals surface area contributed by atoms with Gasteiger partial charge in [0.15, 0.2) is 0 Å². The van der Waals surface area contributed by atoms with Crippen LogP contribution in [-0.2, 0) is 4.74 Å². The van der Waals surface area contributed by atoms with Gasteiger partial charge in [-0.1, -0.05) is 26.0 Å². The minimum Gasteiger partial charge on any atom is -0.379 e. The van der Waals surface area contributed by atoms with Crippen LogP contribution in [-0.4, -0.2) is 50.3 Å². The molecule has 4 atom stereocenters. The third kappa shape index (κ3) is 4.08. The van der Waals surface area contributed by atoms with Crippen LogP contribution < -0.4 is 5.32 Å². The summed E-state index contributed by atoms with van der Waals surface area (Å²) in [6.07, 6.45) is 9.04. The fourth-order valence-corrected chi connectivity index (χ4v) is 4.41. The molecule has 0 aromatic heterocycles. The average molecular weight is 292 g/mol. The van der Waals surface area contributed by atoms with Gasteiger partial charge in [-0.2, -0.15) is 0 Å². The smallest absolute Gasteiger partial charge is 0.0594 e. The first-order valence-corrected chi connectivity index (χ1v) is 8.93. The van der Waals surface area contributed by atoms with Gasteiger partial charge in [0.2, 0.25) is 0 Å². The van der Waals surface area contributed by atoms with Crippen molar-refractivity contribution in [2.24, 2.45) is 23.7 Å². The molecule has 3 rings (SSSR count). The summed E-state index contributed by atoms with van der Waals surface area (Å²) < 4.78 is 5.50. The third-order valence-electron chi connectivity index (χ3n) is 5.51. The van der Waals surface area contributed by atoms with Gasteiger partial charge >= 0.3 is 0 Å². The normalized spacial score (nSPS) is 34.0. The molecule has 0 aromatic rings. The van der Waals surface area contributed by atoms with Crippen molar-refractivity contribution >= 4 is 0 Å². The summed E-state index contributed by atoms with van der Waals surface area (Å²) >= 11 is 0. The van der Waals surface area contributed by atoms with E-state index in [1.165, 1.54) is 25.8 Å². The van der Waals surface area contributed by atoms with E-state index in [2.05, 4.69) is 36.2 Å². The second-order valence-electron chi connectivity index (χ2n) is 7.63. The highest BCUT2D eigenvalue weighted by molar-refractivity contribution is 5.10. The van der Waals surface area contributed by atoms with Crippen molar-refractivity contribution in [3.63, 3.8) is 0 Å². The molecule has 3 aliphatic rings. The number of allylic oxidation sites excluding steroid dienone is 2. The van der Waals surface area contributed by atoms with Gasteiger partial charge in [-0.05, 0) is 49.5 Å². The Morgan fingerprint density at radius 3 is 2.62 bits per heavy atom. The summed E-state index contributed by atoms with van der Waals surface area (Å²) in [5.41, 5.74) is 0. The molecule has 0 aromatic carbocycles. The molecule has 1 aliphatic heterocycles. The monoisotopic (exact) mass is 292 g/mol. The Labute approximate surface area is 130 Å². The zero-order valence-electron chi connectivity index (χ0n) is 13.8. The number of morpholine rings is 1. The maximum Gasteiger partial charge on any atom is 0.0594 e. The van der Waals surface area contributed by atoms with Crippen molar-refractivity contribution in [2.75, 3.05) is 39.4 Å². The van der Waals surface area contributed by atoms with Gasteiger partial charge < -0.3 is 10.1 Å². The zero-order valence-corrected chi connectivity index (χ0v) is 13.8. The fourth-order valence-electron chi connectivity index (χ4n) is 4.41. The molecular weight excluding hydrogens is 260 g/mol. The molecule has 4 unspecified atom stereocenters. The molecule has 1 heterocycles. The van der Waals surface area contributed by atoms with Crippen molar-refractivity contribution in [2.45, 2.75) is 39.2 Å². The predicted octanol–water partition coefficient (Wildman–Crippen LogP) is 2.54. The molecule has 3 nitrogen and oxygen atoms in total. The molecule has 120 valence electrons. The van der Waals surface area contributed by atoms with E-state index in [9.17, 15) is 0 Å². The van der Waals surface area contributed by atoms with Crippen LogP contribution in [0.3, 0.4) is 0 Å². The average Bonchev–Trinajstić information content (AvgIpc) is 3.09. The van der Waals surface area contributed by atoms with Crippen LogP contribution >= 0.6 is 0 Å². The number of rotatable bonds is 7. The van der Waals surface area contributed by atoms with E-state index < -0.39 is 0 Å². The third-order valence-corrected chi connectivity index (χ3v) is 5.51. The van der Waals surface area contributed by atoms with Crippen molar-refractivity contribution in [1.82, 2.24) is 10.2 Å². The molecular formula is C18H32N2O. The maximum atomic E-state index is 5.50. The molecule has 0 radical (unpaired) electrons. The van der Waals surface area contributed by atoms with Gasteiger partial charge in [0.25, 0.3) is 0 Å². The van der Waals surface area contributed by atoms with Crippen LogP contribution in [0.2, 0.25) is 0 Å². The van der Waals surface area contributed by atoms with Crippen molar-refractivity contribution in [3.8, 4) is 0 Å². The van der Waals surface area contributed by atoms with Crippen molar-refractivity contribution in [3.05, 3.63) is 12.2 Å².